The lowest BCUT2D eigenvalue weighted by Gasteiger charge is -2.08. The minimum Gasteiger partial charge on any atom is -0.507 e. The second kappa shape index (κ2) is 3.93. The average molecular weight is 220 g/mol. The third-order valence-corrected chi connectivity index (χ3v) is 2.45. The number of benzene rings is 2. The Hall–Kier alpha value is -1.90. The van der Waals surface area contributed by atoms with Gasteiger partial charge in [-0.3, -0.25) is 0 Å². The fourth-order valence-corrected chi connectivity index (χ4v) is 1.62. The van der Waals surface area contributed by atoms with Gasteiger partial charge in [0.15, 0.2) is 0 Å². The summed E-state index contributed by atoms with van der Waals surface area (Å²) in [5, 5.41) is 9.60. The molecule has 0 aliphatic heterocycles. The average Bonchev–Trinajstić information content (AvgIpc) is 2.22. The number of hydrogen-bond acceptors (Lipinski definition) is 1. The Balaban J connectivity index is 2.62. The second-order valence-corrected chi connectivity index (χ2v) is 3.62. The van der Waals surface area contributed by atoms with Gasteiger partial charge in [-0.2, -0.15) is 0 Å². The SMILES string of the molecule is Cc1ccc(F)cc1-c1ccc(F)cc1O. The number of aromatic hydroxyl groups is 1. The zero-order chi connectivity index (χ0) is 11.7. The molecule has 0 fully saturated rings. The van der Waals surface area contributed by atoms with Crippen molar-refractivity contribution in [3.05, 3.63) is 53.6 Å². The highest BCUT2D eigenvalue weighted by atomic mass is 19.1. The Kier molecular flexibility index (Phi) is 2.60. The summed E-state index contributed by atoms with van der Waals surface area (Å²) in [6, 6.07) is 7.97. The summed E-state index contributed by atoms with van der Waals surface area (Å²) in [7, 11) is 0. The quantitative estimate of drug-likeness (QED) is 0.777. The van der Waals surface area contributed by atoms with E-state index in [1.165, 1.54) is 24.3 Å². The van der Waals surface area contributed by atoms with Crippen molar-refractivity contribution >= 4 is 0 Å². The molecule has 82 valence electrons. The fourth-order valence-electron chi connectivity index (χ4n) is 1.62. The molecule has 2 aromatic rings. The fraction of sp³-hybridized carbons (Fsp3) is 0.0769. The Morgan fingerprint density at radius 3 is 2.19 bits per heavy atom. The lowest BCUT2D eigenvalue weighted by Crippen LogP contribution is -1.87. The molecule has 1 N–H and O–H groups in total. The number of hydrogen-bond donors (Lipinski definition) is 1. The van der Waals surface area contributed by atoms with Crippen LogP contribution in [-0.4, -0.2) is 5.11 Å². The number of phenolic OH excluding ortho intramolecular Hbond substituents is 1. The van der Waals surface area contributed by atoms with Gasteiger partial charge in [-0.25, -0.2) is 8.78 Å². The molecule has 0 aliphatic carbocycles. The largest absolute Gasteiger partial charge is 0.507 e. The Morgan fingerprint density at radius 2 is 1.50 bits per heavy atom. The van der Waals surface area contributed by atoms with Gasteiger partial charge < -0.3 is 5.11 Å². The number of rotatable bonds is 1. The maximum Gasteiger partial charge on any atom is 0.126 e. The van der Waals surface area contributed by atoms with Gasteiger partial charge in [-0.1, -0.05) is 6.07 Å². The number of halogens is 2. The van der Waals surface area contributed by atoms with Gasteiger partial charge in [0.25, 0.3) is 0 Å². The van der Waals surface area contributed by atoms with Crippen LogP contribution in [0, 0.1) is 18.6 Å². The second-order valence-electron chi connectivity index (χ2n) is 3.62. The monoisotopic (exact) mass is 220 g/mol. The number of phenols is 1. The Bertz CT molecular complexity index is 535. The molecule has 1 nitrogen and oxygen atoms in total. The van der Waals surface area contributed by atoms with Crippen LogP contribution in [0.5, 0.6) is 5.75 Å². The molecular formula is C13H10F2O. The predicted molar refractivity (Wildman–Crippen MR) is 58.2 cm³/mol. The van der Waals surface area contributed by atoms with E-state index in [-0.39, 0.29) is 11.6 Å². The molecule has 0 spiro atoms. The zero-order valence-corrected chi connectivity index (χ0v) is 8.67. The first-order chi connectivity index (χ1) is 7.58. The van der Waals surface area contributed by atoms with Crippen molar-refractivity contribution in [1.82, 2.24) is 0 Å². The summed E-state index contributed by atoms with van der Waals surface area (Å²) in [6.07, 6.45) is 0. The summed E-state index contributed by atoms with van der Waals surface area (Å²) < 4.78 is 25.9. The van der Waals surface area contributed by atoms with Crippen molar-refractivity contribution in [3.63, 3.8) is 0 Å². The van der Waals surface area contributed by atoms with E-state index in [0.717, 1.165) is 11.6 Å². The highest BCUT2D eigenvalue weighted by Crippen LogP contribution is 2.32. The first-order valence-corrected chi connectivity index (χ1v) is 4.83. The molecule has 0 saturated carbocycles. The van der Waals surface area contributed by atoms with Crippen LogP contribution in [0.4, 0.5) is 8.78 Å². The third-order valence-electron chi connectivity index (χ3n) is 2.45. The first kappa shape index (κ1) is 10.6. The zero-order valence-electron chi connectivity index (χ0n) is 8.67. The van der Waals surface area contributed by atoms with E-state index >= 15 is 0 Å². The Labute approximate surface area is 92.0 Å². The van der Waals surface area contributed by atoms with Gasteiger partial charge in [0.2, 0.25) is 0 Å². The van der Waals surface area contributed by atoms with Gasteiger partial charge in [-0.05, 0) is 42.3 Å². The summed E-state index contributed by atoms with van der Waals surface area (Å²) >= 11 is 0. The van der Waals surface area contributed by atoms with E-state index in [0.29, 0.717) is 11.1 Å². The standard InChI is InChI=1S/C13H10F2O/c1-8-2-3-9(14)6-12(8)11-5-4-10(15)7-13(11)16/h2-7,16H,1H3. The molecule has 0 unspecified atom stereocenters. The van der Waals surface area contributed by atoms with Crippen LogP contribution < -0.4 is 0 Å². The molecule has 16 heavy (non-hydrogen) atoms. The van der Waals surface area contributed by atoms with Crippen LogP contribution in [-0.2, 0) is 0 Å². The minimum atomic E-state index is -0.518. The molecule has 0 radical (unpaired) electrons. The predicted octanol–water partition coefficient (Wildman–Crippen LogP) is 3.65. The minimum absolute atomic E-state index is 0.186. The molecule has 3 heteroatoms. The summed E-state index contributed by atoms with van der Waals surface area (Å²) in [5.74, 6) is -1.09. The molecule has 0 bridgehead atoms. The molecule has 0 heterocycles. The van der Waals surface area contributed by atoms with Gasteiger partial charge >= 0.3 is 0 Å². The molecular weight excluding hydrogens is 210 g/mol. The molecule has 2 rings (SSSR count). The molecule has 0 saturated heterocycles. The van der Waals surface area contributed by atoms with Crippen LogP contribution in [0.3, 0.4) is 0 Å². The highest BCUT2D eigenvalue weighted by molar-refractivity contribution is 5.72. The van der Waals surface area contributed by atoms with Gasteiger partial charge in [0.1, 0.15) is 17.4 Å². The number of aryl methyl sites for hydroxylation is 1. The topological polar surface area (TPSA) is 20.2 Å². The van der Waals surface area contributed by atoms with Gasteiger partial charge in [0, 0.05) is 11.6 Å². The lowest BCUT2D eigenvalue weighted by atomic mass is 9.99. The summed E-state index contributed by atoms with van der Waals surface area (Å²) in [4.78, 5) is 0. The van der Waals surface area contributed by atoms with Gasteiger partial charge in [-0.15, -0.1) is 0 Å². The van der Waals surface area contributed by atoms with Crippen LogP contribution in [0.15, 0.2) is 36.4 Å². The van der Waals surface area contributed by atoms with Crippen LogP contribution in [0.25, 0.3) is 11.1 Å². The normalized spacial score (nSPS) is 10.4. The molecule has 2 aromatic carbocycles. The summed E-state index contributed by atoms with van der Waals surface area (Å²) in [6.45, 7) is 1.80. The molecule has 0 aliphatic rings. The van der Waals surface area contributed by atoms with Crippen molar-refractivity contribution in [1.29, 1.82) is 0 Å². The maximum absolute atomic E-state index is 13.1. The highest BCUT2D eigenvalue weighted by Gasteiger charge is 2.08. The van der Waals surface area contributed by atoms with Crippen LogP contribution >= 0.6 is 0 Å². The first-order valence-electron chi connectivity index (χ1n) is 4.83. The maximum atomic E-state index is 13.1. The van der Waals surface area contributed by atoms with E-state index < -0.39 is 5.82 Å². The third kappa shape index (κ3) is 1.89. The van der Waals surface area contributed by atoms with E-state index in [1.54, 1.807) is 13.0 Å². The summed E-state index contributed by atoms with van der Waals surface area (Å²) in [5.41, 5.74) is 1.82. The lowest BCUT2D eigenvalue weighted by molar-refractivity contribution is 0.471. The van der Waals surface area contributed by atoms with Crippen LogP contribution in [0.2, 0.25) is 0 Å². The van der Waals surface area contributed by atoms with Gasteiger partial charge in [0.05, 0.1) is 0 Å². The molecule has 0 atom stereocenters. The van der Waals surface area contributed by atoms with Crippen molar-refractivity contribution < 1.29 is 13.9 Å². The van der Waals surface area contributed by atoms with Crippen molar-refractivity contribution in [2.24, 2.45) is 0 Å². The van der Waals surface area contributed by atoms with E-state index in [4.69, 9.17) is 0 Å². The smallest absolute Gasteiger partial charge is 0.126 e. The van der Waals surface area contributed by atoms with E-state index in [9.17, 15) is 13.9 Å². The van der Waals surface area contributed by atoms with Crippen molar-refractivity contribution in [2.45, 2.75) is 6.92 Å². The van der Waals surface area contributed by atoms with E-state index in [1.807, 2.05) is 0 Å². The molecule has 0 aromatic heterocycles. The van der Waals surface area contributed by atoms with Crippen molar-refractivity contribution in [3.8, 4) is 16.9 Å². The van der Waals surface area contributed by atoms with E-state index in [2.05, 4.69) is 0 Å². The van der Waals surface area contributed by atoms with Crippen LogP contribution in [0.1, 0.15) is 5.56 Å². The Morgan fingerprint density at radius 1 is 0.875 bits per heavy atom. The van der Waals surface area contributed by atoms with Crippen molar-refractivity contribution in [2.75, 3.05) is 0 Å². The molecule has 0 amide bonds.